The summed E-state index contributed by atoms with van der Waals surface area (Å²) < 4.78 is 6.25. The number of amides is 1. The maximum absolute atomic E-state index is 12.5. The zero-order valence-electron chi connectivity index (χ0n) is 13.8. The Balaban J connectivity index is 1.89. The van der Waals surface area contributed by atoms with Crippen LogP contribution in [0.15, 0.2) is 42.1 Å². The molecule has 1 aliphatic rings. The number of halogens is 1. The lowest BCUT2D eigenvalue weighted by molar-refractivity contribution is -0.136. The number of carbonyl (C=O) groups excluding carboxylic acids is 2. The Hall–Kier alpha value is -2.91. The fourth-order valence-electron chi connectivity index (χ4n) is 2.60. The second-order valence-electron chi connectivity index (χ2n) is 5.43. The van der Waals surface area contributed by atoms with Crippen molar-refractivity contribution in [3.05, 3.63) is 47.1 Å². The van der Waals surface area contributed by atoms with Gasteiger partial charge in [0.05, 0.1) is 36.5 Å². The molecular formula is C16H16ClN5O4. The molecule has 1 aromatic carbocycles. The van der Waals surface area contributed by atoms with Gasteiger partial charge in [-0.2, -0.15) is 5.10 Å². The molecule has 1 aromatic heterocycles. The summed E-state index contributed by atoms with van der Waals surface area (Å²) in [4.78, 5) is 29.7. The first-order valence-electron chi connectivity index (χ1n) is 7.68. The second kappa shape index (κ2) is 7.54. The second-order valence-corrected chi connectivity index (χ2v) is 5.83. The van der Waals surface area contributed by atoms with E-state index in [0.717, 1.165) is 0 Å². The normalized spacial score (nSPS) is 14.1. The van der Waals surface area contributed by atoms with Crippen molar-refractivity contribution in [2.45, 2.75) is 0 Å². The number of anilines is 1. The molecule has 0 aliphatic carbocycles. The molecule has 1 amide bonds. The summed E-state index contributed by atoms with van der Waals surface area (Å²) in [6.07, 6.45) is 2.91. The summed E-state index contributed by atoms with van der Waals surface area (Å²) >= 11 is 6.28. The molecular weight excluding hydrogens is 362 g/mol. The third-order valence-corrected chi connectivity index (χ3v) is 4.14. The van der Waals surface area contributed by atoms with E-state index in [4.69, 9.17) is 21.4 Å². The first-order chi connectivity index (χ1) is 12.5. The van der Waals surface area contributed by atoms with E-state index in [1.165, 1.54) is 29.3 Å². The molecule has 0 saturated heterocycles. The largest absolute Gasteiger partial charge is 0.466 e. The van der Waals surface area contributed by atoms with Gasteiger partial charge in [-0.25, -0.2) is 14.5 Å². The fraction of sp³-hybridized carbons (Fsp3) is 0.250. The van der Waals surface area contributed by atoms with Crippen LogP contribution in [0.1, 0.15) is 0 Å². The standard InChI is InChI=1S/C16H16ClN5O4/c1-26-16(25)11-7-21(4-5-23)15(24)14(11)20-10-2-3-13(12(17)6-10)22-9-18-8-19-22/h2-3,6,8-9,20,23H,4-5,7H2,1H3. The number of nitrogens with one attached hydrogen (secondary N) is 1. The van der Waals surface area contributed by atoms with Gasteiger partial charge in [0.15, 0.2) is 0 Å². The number of hydrogen-bond donors (Lipinski definition) is 2. The van der Waals surface area contributed by atoms with Crippen LogP contribution in [-0.4, -0.2) is 63.5 Å². The van der Waals surface area contributed by atoms with Crippen molar-refractivity contribution in [3.63, 3.8) is 0 Å². The fourth-order valence-corrected chi connectivity index (χ4v) is 2.86. The van der Waals surface area contributed by atoms with Crippen molar-refractivity contribution < 1.29 is 19.4 Å². The van der Waals surface area contributed by atoms with Crippen LogP contribution in [-0.2, 0) is 14.3 Å². The van der Waals surface area contributed by atoms with Crippen molar-refractivity contribution in [2.24, 2.45) is 0 Å². The van der Waals surface area contributed by atoms with Gasteiger partial charge in [-0.3, -0.25) is 4.79 Å². The molecule has 0 radical (unpaired) electrons. The van der Waals surface area contributed by atoms with Crippen molar-refractivity contribution in [1.29, 1.82) is 0 Å². The number of nitrogens with zero attached hydrogens (tertiary/aromatic N) is 4. The number of aliphatic hydroxyl groups is 1. The number of ether oxygens (including phenoxy) is 1. The van der Waals surface area contributed by atoms with Crippen molar-refractivity contribution >= 4 is 29.2 Å². The zero-order chi connectivity index (χ0) is 18.7. The first kappa shape index (κ1) is 17.9. The zero-order valence-corrected chi connectivity index (χ0v) is 14.6. The lowest BCUT2D eigenvalue weighted by atomic mass is 10.2. The smallest absolute Gasteiger partial charge is 0.337 e. The number of benzene rings is 1. The summed E-state index contributed by atoms with van der Waals surface area (Å²) in [6, 6.07) is 5.03. The number of methoxy groups -OCH3 is 1. The van der Waals surface area contributed by atoms with E-state index in [-0.39, 0.29) is 31.0 Å². The van der Waals surface area contributed by atoms with Gasteiger partial charge in [0.1, 0.15) is 18.4 Å². The molecule has 0 bridgehead atoms. The van der Waals surface area contributed by atoms with Crippen LogP contribution in [0.2, 0.25) is 5.02 Å². The quantitative estimate of drug-likeness (QED) is 0.709. The number of carbonyl (C=O) groups is 2. The molecule has 0 saturated carbocycles. The van der Waals surface area contributed by atoms with E-state index < -0.39 is 11.9 Å². The molecule has 1 aliphatic heterocycles. The Morgan fingerprint density at radius 3 is 2.88 bits per heavy atom. The number of rotatable bonds is 6. The molecule has 0 unspecified atom stereocenters. The average Bonchev–Trinajstić information content (AvgIpc) is 3.26. The highest BCUT2D eigenvalue weighted by Crippen LogP contribution is 2.27. The molecule has 136 valence electrons. The maximum atomic E-state index is 12.5. The molecule has 26 heavy (non-hydrogen) atoms. The Morgan fingerprint density at radius 2 is 2.27 bits per heavy atom. The number of hydrogen-bond acceptors (Lipinski definition) is 7. The van der Waals surface area contributed by atoms with Crippen molar-refractivity contribution in [1.82, 2.24) is 19.7 Å². The Morgan fingerprint density at radius 1 is 1.46 bits per heavy atom. The number of β-amino-alcohol motifs (C(OH)–C–C–N with tert-alkyl or cyclic N) is 1. The predicted octanol–water partition coefficient (Wildman–Crippen LogP) is 0.594. The van der Waals surface area contributed by atoms with Crippen LogP contribution >= 0.6 is 11.6 Å². The molecule has 0 fully saturated rings. The van der Waals surface area contributed by atoms with Crippen LogP contribution in [0, 0.1) is 0 Å². The van der Waals surface area contributed by atoms with Crippen LogP contribution in [0.25, 0.3) is 5.69 Å². The Kier molecular flexibility index (Phi) is 5.19. The van der Waals surface area contributed by atoms with E-state index in [1.807, 2.05) is 0 Å². The molecule has 2 heterocycles. The van der Waals surface area contributed by atoms with E-state index in [2.05, 4.69) is 15.4 Å². The average molecular weight is 378 g/mol. The van der Waals surface area contributed by atoms with E-state index >= 15 is 0 Å². The molecule has 2 aromatic rings. The van der Waals surface area contributed by atoms with Crippen LogP contribution in [0.3, 0.4) is 0 Å². The SMILES string of the molecule is COC(=O)C1=C(Nc2ccc(-n3cncn3)c(Cl)c2)C(=O)N(CCO)C1. The van der Waals surface area contributed by atoms with Crippen molar-refractivity contribution in [3.8, 4) is 5.69 Å². The van der Waals surface area contributed by atoms with E-state index in [9.17, 15) is 9.59 Å². The van der Waals surface area contributed by atoms with Crippen molar-refractivity contribution in [2.75, 3.05) is 32.1 Å². The van der Waals surface area contributed by atoms with Crippen LogP contribution < -0.4 is 5.32 Å². The van der Waals surface area contributed by atoms with Gasteiger partial charge in [0.25, 0.3) is 5.91 Å². The Labute approximate surface area is 153 Å². The van der Waals surface area contributed by atoms with Gasteiger partial charge in [-0.05, 0) is 18.2 Å². The summed E-state index contributed by atoms with van der Waals surface area (Å²) in [6.45, 7) is -0.0123. The van der Waals surface area contributed by atoms with Gasteiger partial charge in [0, 0.05) is 12.2 Å². The molecule has 0 spiro atoms. The summed E-state index contributed by atoms with van der Waals surface area (Å²) in [5, 5.41) is 16.4. The highest BCUT2D eigenvalue weighted by Gasteiger charge is 2.34. The monoisotopic (exact) mass is 377 g/mol. The third-order valence-electron chi connectivity index (χ3n) is 3.84. The topological polar surface area (TPSA) is 110 Å². The summed E-state index contributed by atoms with van der Waals surface area (Å²) in [7, 11) is 1.25. The Bertz CT molecular complexity index is 866. The van der Waals surface area contributed by atoms with Gasteiger partial charge >= 0.3 is 5.97 Å². The van der Waals surface area contributed by atoms with E-state index in [0.29, 0.717) is 16.4 Å². The minimum Gasteiger partial charge on any atom is -0.466 e. The van der Waals surface area contributed by atoms with Gasteiger partial charge in [-0.1, -0.05) is 11.6 Å². The van der Waals surface area contributed by atoms with Gasteiger partial charge in [-0.15, -0.1) is 0 Å². The molecule has 10 heteroatoms. The minimum atomic E-state index is -0.605. The van der Waals surface area contributed by atoms with Crippen LogP contribution in [0.5, 0.6) is 0 Å². The number of esters is 1. The molecule has 3 rings (SSSR count). The minimum absolute atomic E-state index is 0.0686. The third kappa shape index (κ3) is 3.39. The van der Waals surface area contributed by atoms with E-state index in [1.54, 1.807) is 18.2 Å². The predicted molar refractivity (Wildman–Crippen MR) is 92.7 cm³/mol. The molecule has 0 atom stereocenters. The molecule has 9 nitrogen and oxygen atoms in total. The first-order valence-corrected chi connectivity index (χ1v) is 8.06. The highest BCUT2D eigenvalue weighted by atomic mass is 35.5. The maximum Gasteiger partial charge on any atom is 0.337 e. The van der Waals surface area contributed by atoms with Gasteiger partial charge in [0.2, 0.25) is 0 Å². The number of aliphatic hydroxyl groups excluding tert-OH is 1. The summed E-state index contributed by atoms with van der Waals surface area (Å²) in [5.41, 5.74) is 1.45. The lowest BCUT2D eigenvalue weighted by Crippen LogP contribution is -2.31. The highest BCUT2D eigenvalue weighted by molar-refractivity contribution is 6.32. The summed E-state index contributed by atoms with van der Waals surface area (Å²) in [5.74, 6) is -0.998. The molecule has 2 N–H and O–H groups in total. The van der Waals surface area contributed by atoms with Gasteiger partial charge < -0.3 is 20.1 Å². The van der Waals surface area contributed by atoms with Crippen LogP contribution in [0.4, 0.5) is 5.69 Å². The lowest BCUT2D eigenvalue weighted by Gasteiger charge is -2.15. The number of aromatic nitrogens is 3.